The fourth-order valence-electron chi connectivity index (χ4n) is 4.62. The zero-order valence-electron chi connectivity index (χ0n) is 17.3. The van der Waals surface area contributed by atoms with Gasteiger partial charge in [0.2, 0.25) is 0 Å². The van der Waals surface area contributed by atoms with E-state index in [-0.39, 0.29) is 7.92 Å². The zero-order valence-corrected chi connectivity index (χ0v) is 18.2. The molecule has 0 unspecified atom stereocenters. The maximum absolute atomic E-state index is 2.58. The van der Waals surface area contributed by atoms with Gasteiger partial charge in [0, 0.05) is 0 Å². The van der Waals surface area contributed by atoms with E-state index in [0.29, 0.717) is 15.5 Å². The summed E-state index contributed by atoms with van der Waals surface area (Å²) in [5.74, 6) is 0. The maximum atomic E-state index is 2.58. The van der Waals surface area contributed by atoms with Crippen molar-refractivity contribution in [1.82, 2.24) is 0 Å². The highest BCUT2D eigenvalue weighted by atomic mass is 31.1. The van der Waals surface area contributed by atoms with Gasteiger partial charge in [-0.2, -0.15) is 0 Å². The van der Waals surface area contributed by atoms with E-state index in [1.807, 2.05) is 0 Å². The molecule has 0 spiro atoms. The molecule has 0 bridgehead atoms. The second-order valence-electron chi connectivity index (χ2n) is 9.08. The van der Waals surface area contributed by atoms with Crippen LogP contribution in [-0.2, 0) is 0 Å². The summed E-state index contributed by atoms with van der Waals surface area (Å²) in [5.41, 5.74) is 0. The van der Waals surface area contributed by atoms with Gasteiger partial charge in [-0.1, -0.05) is 109 Å². The lowest BCUT2D eigenvalue weighted by atomic mass is 10.0. The second kappa shape index (κ2) is 9.66. The average molecular weight is 329 g/mol. The van der Waals surface area contributed by atoms with Crippen molar-refractivity contribution in [2.75, 3.05) is 0 Å². The first-order chi connectivity index (χ1) is 10.0. The second-order valence-corrected chi connectivity index (χ2v) is 13.4. The molecule has 0 heterocycles. The molecule has 0 saturated heterocycles. The Labute approximate surface area is 144 Å². The molecule has 0 atom stereocenters. The highest BCUT2D eigenvalue weighted by Crippen LogP contribution is 2.70. The molecular formula is C21H45P. The molecule has 0 nitrogen and oxygen atoms in total. The van der Waals surface area contributed by atoms with Crippen LogP contribution >= 0.6 is 7.92 Å². The van der Waals surface area contributed by atoms with Gasteiger partial charge < -0.3 is 0 Å². The molecule has 0 N–H and O–H groups in total. The molecule has 0 aromatic rings. The van der Waals surface area contributed by atoms with Gasteiger partial charge in [-0.15, -0.1) is 0 Å². The van der Waals surface area contributed by atoms with E-state index in [4.69, 9.17) is 0 Å². The summed E-state index contributed by atoms with van der Waals surface area (Å²) >= 11 is 0. The molecule has 0 saturated carbocycles. The Morgan fingerprint density at radius 3 is 0.909 bits per heavy atom. The van der Waals surface area contributed by atoms with Crippen LogP contribution in [0, 0.1) is 0 Å². The van der Waals surface area contributed by atoms with Gasteiger partial charge in [0.05, 0.1) is 0 Å². The lowest BCUT2D eigenvalue weighted by Crippen LogP contribution is -2.40. The van der Waals surface area contributed by atoms with Gasteiger partial charge in [0.25, 0.3) is 0 Å². The fraction of sp³-hybridized carbons (Fsp3) is 1.00. The summed E-state index contributed by atoms with van der Waals surface area (Å²) < 4.78 is 0. The third-order valence-corrected chi connectivity index (χ3v) is 9.55. The highest BCUT2D eigenvalue weighted by molar-refractivity contribution is 7.62. The minimum absolute atomic E-state index is 0.0253. The number of unbranched alkanes of at least 4 members (excludes halogenated alkanes) is 3. The van der Waals surface area contributed by atoms with E-state index in [1.165, 1.54) is 57.8 Å². The topological polar surface area (TPSA) is 0 Å². The molecule has 0 aliphatic carbocycles. The molecule has 0 fully saturated rings. The Morgan fingerprint density at radius 1 is 0.500 bits per heavy atom. The first-order valence-electron chi connectivity index (χ1n) is 9.85. The zero-order chi connectivity index (χ0) is 17.4. The first kappa shape index (κ1) is 22.4. The van der Waals surface area contributed by atoms with Gasteiger partial charge in [-0.05, 0) is 34.7 Å². The van der Waals surface area contributed by atoms with Gasteiger partial charge in [-0.3, -0.25) is 0 Å². The van der Waals surface area contributed by atoms with Gasteiger partial charge in [0.1, 0.15) is 0 Å². The molecule has 0 rings (SSSR count). The Kier molecular flexibility index (Phi) is 9.85. The van der Waals surface area contributed by atoms with Crippen molar-refractivity contribution >= 4 is 7.92 Å². The lowest BCUT2D eigenvalue weighted by molar-refractivity contribution is 0.490. The predicted octanol–water partition coefficient (Wildman–Crippen LogP) is 8.37. The fourth-order valence-corrected chi connectivity index (χ4v) is 10.7. The maximum Gasteiger partial charge on any atom is -0.0141 e. The van der Waals surface area contributed by atoms with Crippen molar-refractivity contribution in [2.45, 2.75) is 136 Å². The van der Waals surface area contributed by atoms with Crippen LogP contribution in [0.4, 0.5) is 0 Å². The SMILES string of the molecule is CCCCC(C)(C)P(C(C)(C)CCCC)C(C)(C)CCCC. The van der Waals surface area contributed by atoms with E-state index in [0.717, 1.165) is 0 Å². The summed E-state index contributed by atoms with van der Waals surface area (Å²) in [7, 11) is -0.0253. The van der Waals surface area contributed by atoms with Crippen molar-refractivity contribution < 1.29 is 0 Å². The van der Waals surface area contributed by atoms with Crippen LogP contribution in [0.1, 0.15) is 120 Å². The third kappa shape index (κ3) is 6.90. The normalized spacial score (nSPS) is 13.9. The monoisotopic (exact) mass is 328 g/mol. The predicted molar refractivity (Wildman–Crippen MR) is 108 cm³/mol. The van der Waals surface area contributed by atoms with Crippen LogP contribution in [0.3, 0.4) is 0 Å². The van der Waals surface area contributed by atoms with E-state index in [2.05, 4.69) is 62.3 Å². The Hall–Kier alpha value is 0.430. The highest BCUT2D eigenvalue weighted by Gasteiger charge is 2.47. The van der Waals surface area contributed by atoms with Gasteiger partial charge in [-0.25, -0.2) is 0 Å². The molecule has 0 aromatic carbocycles. The Balaban J connectivity index is 5.46. The number of rotatable bonds is 12. The van der Waals surface area contributed by atoms with E-state index in [1.54, 1.807) is 0 Å². The van der Waals surface area contributed by atoms with E-state index < -0.39 is 0 Å². The molecule has 0 aliphatic heterocycles. The van der Waals surface area contributed by atoms with Crippen molar-refractivity contribution in [2.24, 2.45) is 0 Å². The summed E-state index contributed by atoms with van der Waals surface area (Å²) in [4.78, 5) is 0. The quantitative estimate of drug-likeness (QED) is 0.316. The Morgan fingerprint density at radius 2 is 0.727 bits per heavy atom. The smallest absolute Gasteiger partial charge is 0.0141 e. The van der Waals surface area contributed by atoms with Crippen molar-refractivity contribution in [3.05, 3.63) is 0 Å². The van der Waals surface area contributed by atoms with E-state index in [9.17, 15) is 0 Å². The molecule has 134 valence electrons. The summed E-state index contributed by atoms with van der Waals surface area (Å²) in [6.07, 6.45) is 12.4. The molecule has 0 aromatic heterocycles. The van der Waals surface area contributed by atoms with Crippen LogP contribution in [0.15, 0.2) is 0 Å². The van der Waals surface area contributed by atoms with Crippen LogP contribution in [0.5, 0.6) is 0 Å². The first-order valence-corrected chi connectivity index (χ1v) is 11.2. The van der Waals surface area contributed by atoms with Gasteiger partial charge >= 0.3 is 0 Å². The lowest BCUT2D eigenvalue weighted by Gasteiger charge is -2.54. The van der Waals surface area contributed by atoms with Crippen LogP contribution in [0.25, 0.3) is 0 Å². The van der Waals surface area contributed by atoms with Crippen LogP contribution in [0.2, 0.25) is 0 Å². The van der Waals surface area contributed by atoms with Crippen LogP contribution in [-0.4, -0.2) is 15.5 Å². The molecule has 1 heteroatoms. The summed E-state index contributed by atoms with van der Waals surface area (Å²) in [6, 6.07) is 0. The number of hydrogen-bond donors (Lipinski definition) is 0. The molecule has 0 aliphatic rings. The minimum atomic E-state index is -0.0253. The van der Waals surface area contributed by atoms with Crippen molar-refractivity contribution in [1.29, 1.82) is 0 Å². The summed E-state index contributed by atoms with van der Waals surface area (Å²) in [6.45, 7) is 22.5. The van der Waals surface area contributed by atoms with E-state index >= 15 is 0 Å². The Bertz CT molecular complexity index is 241. The third-order valence-electron chi connectivity index (χ3n) is 5.24. The summed E-state index contributed by atoms with van der Waals surface area (Å²) in [5, 5.41) is 1.50. The van der Waals surface area contributed by atoms with Crippen LogP contribution < -0.4 is 0 Å². The van der Waals surface area contributed by atoms with Crippen molar-refractivity contribution in [3.8, 4) is 0 Å². The largest absolute Gasteiger partial charge is 0.0893 e. The average Bonchev–Trinajstić information content (AvgIpc) is 2.39. The van der Waals surface area contributed by atoms with Gasteiger partial charge in [0.15, 0.2) is 0 Å². The molecular weight excluding hydrogens is 283 g/mol. The molecule has 0 radical (unpaired) electrons. The minimum Gasteiger partial charge on any atom is -0.0893 e. The molecule has 22 heavy (non-hydrogen) atoms. The number of hydrogen-bond acceptors (Lipinski definition) is 0. The standard InChI is InChI=1S/C21H45P/c1-10-13-16-19(4,5)22(20(6,7)17-14-11-2)21(8,9)18-15-12-3/h10-18H2,1-9H3. The van der Waals surface area contributed by atoms with Crippen molar-refractivity contribution in [3.63, 3.8) is 0 Å². The molecule has 0 amide bonds.